The van der Waals surface area contributed by atoms with E-state index in [4.69, 9.17) is 16.3 Å². The maximum atomic E-state index is 14.4. The second-order valence-electron chi connectivity index (χ2n) is 7.95. The highest BCUT2D eigenvalue weighted by atomic mass is 35.5. The van der Waals surface area contributed by atoms with E-state index in [2.05, 4.69) is 0 Å². The molecule has 0 bridgehead atoms. The van der Waals surface area contributed by atoms with Crippen LogP contribution < -0.4 is 4.90 Å². The molecule has 2 aromatic carbocycles. The first-order chi connectivity index (χ1) is 13.1. The van der Waals surface area contributed by atoms with Gasteiger partial charge in [0.25, 0.3) is 5.91 Å². The molecule has 148 valence electrons. The van der Waals surface area contributed by atoms with Crippen molar-refractivity contribution in [2.24, 2.45) is 0 Å². The predicted molar refractivity (Wildman–Crippen MR) is 108 cm³/mol. The zero-order chi connectivity index (χ0) is 20.5. The molecule has 2 aromatic rings. The molecule has 6 heteroatoms. The Balaban J connectivity index is 1.85. The van der Waals surface area contributed by atoms with Gasteiger partial charge >= 0.3 is 5.97 Å². The van der Waals surface area contributed by atoms with E-state index in [9.17, 15) is 14.0 Å². The molecule has 0 spiro atoms. The second kappa shape index (κ2) is 7.92. The van der Waals surface area contributed by atoms with Crippen LogP contribution in [0, 0.1) is 0 Å². The minimum atomic E-state index is -1.17. The molecule has 1 amide bonds. The van der Waals surface area contributed by atoms with Gasteiger partial charge in [0.1, 0.15) is 11.8 Å². The van der Waals surface area contributed by atoms with Crippen molar-refractivity contribution in [2.75, 3.05) is 11.4 Å². The largest absolute Gasteiger partial charge is 0.460 e. The Morgan fingerprint density at radius 1 is 1.21 bits per heavy atom. The summed E-state index contributed by atoms with van der Waals surface area (Å²) < 4.78 is 19.7. The smallest absolute Gasteiger partial charge is 0.310 e. The number of carbonyl (C=O) groups is 2. The molecular weight excluding hydrogens is 381 g/mol. The number of benzene rings is 2. The average molecular weight is 404 g/mol. The molecule has 1 unspecified atom stereocenters. The van der Waals surface area contributed by atoms with Crippen molar-refractivity contribution < 1.29 is 18.7 Å². The summed E-state index contributed by atoms with van der Waals surface area (Å²) in [6.45, 7) is 5.42. The van der Waals surface area contributed by atoms with Gasteiger partial charge in [-0.3, -0.25) is 9.59 Å². The molecule has 4 nitrogen and oxygen atoms in total. The molecule has 0 saturated carbocycles. The van der Waals surface area contributed by atoms with Crippen LogP contribution in [0.25, 0.3) is 0 Å². The molecule has 1 atom stereocenters. The second-order valence-corrected chi connectivity index (χ2v) is 8.39. The molecule has 0 aliphatic carbocycles. The summed E-state index contributed by atoms with van der Waals surface area (Å²) in [4.78, 5) is 26.4. The highest BCUT2D eigenvalue weighted by Gasteiger charge is 2.29. The van der Waals surface area contributed by atoms with E-state index >= 15 is 0 Å². The van der Waals surface area contributed by atoms with Crippen LogP contribution in [0.3, 0.4) is 0 Å². The van der Waals surface area contributed by atoms with E-state index in [0.717, 1.165) is 5.56 Å². The van der Waals surface area contributed by atoms with E-state index < -0.39 is 11.8 Å². The van der Waals surface area contributed by atoms with E-state index in [1.54, 1.807) is 42.5 Å². The number of fused-ring (bicyclic) bond motifs is 1. The molecule has 1 aliphatic heterocycles. The van der Waals surface area contributed by atoms with Gasteiger partial charge in [0.2, 0.25) is 0 Å². The predicted octanol–water partition coefficient (Wildman–Crippen LogP) is 4.77. The van der Waals surface area contributed by atoms with Gasteiger partial charge in [0, 0.05) is 22.7 Å². The summed E-state index contributed by atoms with van der Waals surface area (Å²) in [6, 6.07) is 11.9. The molecule has 3 rings (SSSR count). The molecule has 1 aliphatic rings. The minimum Gasteiger partial charge on any atom is -0.460 e. The summed E-state index contributed by atoms with van der Waals surface area (Å²) in [5, 5.41) is 0.451. The molecule has 0 aromatic heterocycles. The number of rotatable bonds is 3. The van der Waals surface area contributed by atoms with Crippen molar-refractivity contribution in [2.45, 2.75) is 45.4 Å². The zero-order valence-electron chi connectivity index (χ0n) is 16.2. The van der Waals surface area contributed by atoms with Crippen molar-refractivity contribution in [1.82, 2.24) is 0 Å². The fourth-order valence-corrected chi connectivity index (χ4v) is 3.48. The van der Waals surface area contributed by atoms with Crippen LogP contribution in [0.1, 0.15) is 42.3 Å². The lowest BCUT2D eigenvalue weighted by molar-refractivity contribution is -0.153. The molecule has 28 heavy (non-hydrogen) atoms. The Kier molecular flexibility index (Phi) is 5.75. The van der Waals surface area contributed by atoms with Gasteiger partial charge in [-0.15, -0.1) is 0 Å². The van der Waals surface area contributed by atoms with E-state index in [1.807, 2.05) is 20.8 Å². The summed E-state index contributed by atoms with van der Waals surface area (Å²) >= 11 is 5.98. The number of esters is 1. The first-order valence-corrected chi connectivity index (χ1v) is 9.55. The Morgan fingerprint density at radius 3 is 2.64 bits per heavy atom. The highest BCUT2D eigenvalue weighted by Crippen LogP contribution is 2.31. The van der Waals surface area contributed by atoms with Gasteiger partial charge in [0.15, 0.2) is 0 Å². The van der Waals surface area contributed by atoms with Gasteiger partial charge in [-0.25, -0.2) is 4.39 Å². The SMILES string of the molecule is CC(C)(C)OC(=O)Cc1ccc2c(c1)CC(F)CN2C(=O)c1cccc(Cl)c1. The summed E-state index contributed by atoms with van der Waals surface area (Å²) in [5.41, 5.74) is 1.94. The van der Waals surface area contributed by atoms with Crippen LogP contribution in [-0.4, -0.2) is 30.2 Å². The first-order valence-electron chi connectivity index (χ1n) is 9.17. The van der Waals surface area contributed by atoms with Crippen LogP contribution >= 0.6 is 11.6 Å². The van der Waals surface area contributed by atoms with Gasteiger partial charge in [-0.1, -0.05) is 29.8 Å². The van der Waals surface area contributed by atoms with Crippen LogP contribution in [0.5, 0.6) is 0 Å². The van der Waals surface area contributed by atoms with Gasteiger partial charge < -0.3 is 9.64 Å². The fraction of sp³-hybridized carbons (Fsp3) is 0.364. The minimum absolute atomic E-state index is 0.0102. The molecule has 0 fully saturated rings. The first kappa shape index (κ1) is 20.3. The normalized spacial score (nSPS) is 16.5. The summed E-state index contributed by atoms with van der Waals surface area (Å²) in [5.74, 6) is -0.641. The van der Waals surface area contributed by atoms with Crippen LogP contribution in [0.15, 0.2) is 42.5 Å². The van der Waals surface area contributed by atoms with Gasteiger partial charge in [-0.05, 0) is 56.2 Å². The number of nitrogens with zero attached hydrogens (tertiary/aromatic N) is 1. The third-order valence-electron chi connectivity index (χ3n) is 4.34. The maximum absolute atomic E-state index is 14.4. The van der Waals surface area contributed by atoms with E-state index in [1.165, 1.54) is 4.90 Å². The lowest BCUT2D eigenvalue weighted by atomic mass is 9.96. The van der Waals surface area contributed by atoms with Crippen molar-refractivity contribution in [1.29, 1.82) is 0 Å². The Labute approximate surface area is 169 Å². The molecule has 0 N–H and O–H groups in total. The number of hydrogen-bond donors (Lipinski definition) is 0. The van der Waals surface area contributed by atoms with Crippen LogP contribution in [0.4, 0.5) is 10.1 Å². The number of anilines is 1. The Bertz CT molecular complexity index is 907. The molecule has 1 heterocycles. The summed E-state index contributed by atoms with van der Waals surface area (Å²) in [7, 11) is 0. The Hall–Kier alpha value is -2.40. The molecule has 0 saturated heterocycles. The third-order valence-corrected chi connectivity index (χ3v) is 4.58. The quantitative estimate of drug-likeness (QED) is 0.694. The monoisotopic (exact) mass is 403 g/mol. The lowest BCUT2D eigenvalue weighted by Crippen LogP contribution is -2.41. The van der Waals surface area contributed by atoms with Gasteiger partial charge in [0.05, 0.1) is 13.0 Å². The highest BCUT2D eigenvalue weighted by molar-refractivity contribution is 6.31. The molecular formula is C22H23ClFNO3. The van der Waals surface area contributed by atoms with Crippen molar-refractivity contribution >= 4 is 29.2 Å². The zero-order valence-corrected chi connectivity index (χ0v) is 16.9. The molecule has 0 radical (unpaired) electrons. The van der Waals surface area contributed by atoms with Crippen molar-refractivity contribution in [3.8, 4) is 0 Å². The fourth-order valence-electron chi connectivity index (χ4n) is 3.29. The van der Waals surface area contributed by atoms with Crippen LogP contribution in [-0.2, 0) is 22.4 Å². The number of ether oxygens (including phenoxy) is 1. The standard InChI is InChI=1S/C22H23ClFNO3/c1-22(2,3)28-20(26)10-14-7-8-19-16(9-14)12-18(24)13-25(19)21(27)15-5-4-6-17(23)11-15/h4-9,11,18H,10,12-13H2,1-3H3. The van der Waals surface area contributed by atoms with Crippen molar-refractivity contribution in [3.63, 3.8) is 0 Å². The lowest BCUT2D eigenvalue weighted by Gasteiger charge is -2.32. The summed E-state index contributed by atoms with van der Waals surface area (Å²) in [6.07, 6.45) is -0.868. The van der Waals surface area contributed by atoms with E-state index in [-0.39, 0.29) is 31.3 Å². The van der Waals surface area contributed by atoms with E-state index in [0.29, 0.717) is 21.8 Å². The number of carbonyl (C=O) groups excluding carboxylic acids is 2. The number of halogens is 2. The number of amides is 1. The third kappa shape index (κ3) is 4.90. The van der Waals surface area contributed by atoms with Crippen LogP contribution in [0.2, 0.25) is 5.02 Å². The number of alkyl halides is 1. The topological polar surface area (TPSA) is 46.6 Å². The van der Waals surface area contributed by atoms with Crippen molar-refractivity contribution in [3.05, 3.63) is 64.2 Å². The Morgan fingerprint density at radius 2 is 1.96 bits per heavy atom. The average Bonchev–Trinajstić information content (AvgIpc) is 2.58. The number of hydrogen-bond acceptors (Lipinski definition) is 3. The maximum Gasteiger partial charge on any atom is 0.310 e. The van der Waals surface area contributed by atoms with Gasteiger partial charge in [-0.2, -0.15) is 0 Å².